The van der Waals surface area contributed by atoms with Gasteiger partial charge in [0.25, 0.3) is 0 Å². The van der Waals surface area contributed by atoms with E-state index in [-0.39, 0.29) is 18.4 Å². The number of aromatic carboxylic acids is 1. The van der Waals surface area contributed by atoms with E-state index in [4.69, 9.17) is 21.1 Å². The van der Waals surface area contributed by atoms with Gasteiger partial charge in [-0.2, -0.15) is 5.10 Å². The molecule has 1 aromatic heterocycles. The number of carbonyl (C=O) groups is 1. The van der Waals surface area contributed by atoms with Crippen LogP contribution < -0.4 is 4.74 Å². The van der Waals surface area contributed by atoms with Crippen molar-refractivity contribution in [1.82, 2.24) is 9.78 Å². The predicted molar refractivity (Wildman–Crippen MR) is 107 cm³/mol. The van der Waals surface area contributed by atoms with Crippen LogP contribution in [-0.4, -0.2) is 41.6 Å². The molecule has 1 saturated carbocycles. The maximum absolute atomic E-state index is 11.7. The van der Waals surface area contributed by atoms with Gasteiger partial charge in [0.05, 0.1) is 18.0 Å². The van der Waals surface area contributed by atoms with E-state index in [1.54, 1.807) is 22.9 Å². The van der Waals surface area contributed by atoms with Gasteiger partial charge in [-0.25, -0.2) is 9.48 Å². The molecule has 0 unspecified atom stereocenters. The van der Waals surface area contributed by atoms with Crippen molar-refractivity contribution in [1.29, 1.82) is 0 Å². The second kappa shape index (κ2) is 8.04. The molecule has 1 N–H and O–H groups in total. The molecule has 1 aliphatic rings. The van der Waals surface area contributed by atoms with Crippen LogP contribution in [0.4, 0.5) is 0 Å². The third-order valence-electron chi connectivity index (χ3n) is 4.29. The third-order valence-corrected chi connectivity index (χ3v) is 6.23. The van der Waals surface area contributed by atoms with Crippen LogP contribution in [0, 0.1) is 0 Å². The molecule has 1 heterocycles. The molecule has 0 aliphatic heterocycles. The number of halogens is 1. The monoisotopic (exact) mass is 408 g/mol. The van der Waals surface area contributed by atoms with Gasteiger partial charge in [-0.05, 0) is 37.1 Å². The SMILES string of the molecule is C[Si](C)(C)CCOCn1ncc(C(=O)O)c1-c1cc(Cl)ccc1OC1CC1. The van der Waals surface area contributed by atoms with Crippen LogP contribution in [0.5, 0.6) is 5.75 Å². The number of aromatic nitrogens is 2. The first-order valence-electron chi connectivity index (χ1n) is 9.08. The molecule has 1 fully saturated rings. The van der Waals surface area contributed by atoms with E-state index < -0.39 is 14.0 Å². The Labute approximate surface area is 165 Å². The van der Waals surface area contributed by atoms with Crippen molar-refractivity contribution >= 4 is 25.6 Å². The van der Waals surface area contributed by atoms with Gasteiger partial charge in [0.1, 0.15) is 18.0 Å². The molecule has 1 aromatic carbocycles. The third kappa shape index (κ3) is 5.34. The maximum Gasteiger partial charge on any atom is 0.339 e. The molecule has 8 heteroatoms. The highest BCUT2D eigenvalue weighted by Crippen LogP contribution is 2.38. The van der Waals surface area contributed by atoms with E-state index in [0.29, 0.717) is 28.6 Å². The zero-order chi connectivity index (χ0) is 19.6. The number of nitrogens with zero attached hydrogens (tertiary/aromatic N) is 2. The van der Waals surface area contributed by atoms with Crippen molar-refractivity contribution in [2.75, 3.05) is 6.61 Å². The van der Waals surface area contributed by atoms with Crippen LogP contribution in [0.1, 0.15) is 23.2 Å². The number of benzene rings is 1. The summed E-state index contributed by atoms with van der Waals surface area (Å²) in [5.74, 6) is -0.427. The van der Waals surface area contributed by atoms with Gasteiger partial charge in [0, 0.05) is 25.3 Å². The van der Waals surface area contributed by atoms with Crippen molar-refractivity contribution in [3.05, 3.63) is 35.0 Å². The number of carboxylic acids is 1. The number of carboxylic acid groups (broad SMARTS) is 1. The number of hydrogen-bond acceptors (Lipinski definition) is 4. The van der Waals surface area contributed by atoms with Gasteiger partial charge in [-0.15, -0.1) is 0 Å². The zero-order valence-corrected chi connectivity index (χ0v) is 17.6. The van der Waals surface area contributed by atoms with Gasteiger partial charge >= 0.3 is 5.97 Å². The second-order valence-corrected chi connectivity index (χ2v) is 14.1. The fraction of sp³-hybridized carbons (Fsp3) is 0.474. The summed E-state index contributed by atoms with van der Waals surface area (Å²) in [5.41, 5.74) is 1.18. The van der Waals surface area contributed by atoms with Crippen molar-refractivity contribution < 1.29 is 19.4 Å². The minimum absolute atomic E-state index is 0.103. The lowest BCUT2D eigenvalue weighted by atomic mass is 10.1. The average Bonchev–Trinajstić information content (AvgIpc) is 3.28. The van der Waals surface area contributed by atoms with Crippen LogP contribution in [-0.2, 0) is 11.5 Å². The summed E-state index contributed by atoms with van der Waals surface area (Å²) in [4.78, 5) is 11.7. The molecule has 0 saturated heterocycles. The fourth-order valence-electron chi connectivity index (χ4n) is 2.61. The molecule has 0 amide bonds. The minimum atomic E-state index is -1.20. The Hall–Kier alpha value is -1.83. The maximum atomic E-state index is 11.7. The zero-order valence-electron chi connectivity index (χ0n) is 15.9. The number of ether oxygens (including phenoxy) is 2. The lowest BCUT2D eigenvalue weighted by molar-refractivity contribution is 0.0695. The van der Waals surface area contributed by atoms with Gasteiger partial charge in [0.2, 0.25) is 0 Å². The Morgan fingerprint density at radius 1 is 1.37 bits per heavy atom. The Kier molecular flexibility index (Phi) is 5.93. The summed E-state index contributed by atoms with van der Waals surface area (Å²) in [5, 5.41) is 14.4. The Bertz CT molecular complexity index is 828. The normalized spacial score (nSPS) is 14.4. The molecule has 1 aliphatic carbocycles. The highest BCUT2D eigenvalue weighted by molar-refractivity contribution is 6.76. The highest BCUT2D eigenvalue weighted by Gasteiger charge is 2.27. The summed E-state index contributed by atoms with van der Waals surface area (Å²) >= 11 is 6.19. The van der Waals surface area contributed by atoms with E-state index in [9.17, 15) is 9.90 Å². The molecule has 27 heavy (non-hydrogen) atoms. The van der Waals surface area contributed by atoms with E-state index in [2.05, 4.69) is 24.7 Å². The largest absolute Gasteiger partial charge is 0.490 e. The van der Waals surface area contributed by atoms with Crippen molar-refractivity contribution in [3.8, 4) is 17.0 Å². The highest BCUT2D eigenvalue weighted by atomic mass is 35.5. The van der Waals surface area contributed by atoms with Crippen LogP contribution in [0.2, 0.25) is 30.7 Å². The number of hydrogen-bond donors (Lipinski definition) is 1. The molecule has 0 atom stereocenters. The smallest absolute Gasteiger partial charge is 0.339 e. The fourth-order valence-corrected chi connectivity index (χ4v) is 3.54. The summed E-state index contributed by atoms with van der Waals surface area (Å²) in [6.07, 6.45) is 3.55. The molecule has 0 bridgehead atoms. The molecule has 0 spiro atoms. The Balaban J connectivity index is 1.90. The lowest BCUT2D eigenvalue weighted by Crippen LogP contribution is -2.22. The molecule has 146 valence electrons. The Morgan fingerprint density at radius 2 is 2.11 bits per heavy atom. The van der Waals surface area contributed by atoms with Gasteiger partial charge in [-0.3, -0.25) is 0 Å². The standard InChI is InChI=1S/C19H25ClN2O4Si/c1-27(2,3)9-8-25-12-22-18(16(11-21-22)19(23)24)15-10-13(20)4-7-17(15)26-14-5-6-14/h4,7,10-11,14H,5-6,8-9,12H2,1-3H3,(H,23,24). The number of rotatable bonds is 9. The van der Waals surface area contributed by atoms with E-state index in [1.165, 1.54) is 6.20 Å². The summed E-state index contributed by atoms with van der Waals surface area (Å²) < 4.78 is 13.3. The quantitative estimate of drug-likeness (QED) is 0.478. The van der Waals surface area contributed by atoms with Gasteiger partial charge in [-0.1, -0.05) is 31.2 Å². The topological polar surface area (TPSA) is 73.6 Å². The van der Waals surface area contributed by atoms with Crippen LogP contribution in [0.3, 0.4) is 0 Å². The lowest BCUT2D eigenvalue weighted by Gasteiger charge is -2.17. The van der Waals surface area contributed by atoms with Crippen molar-refractivity contribution in [2.24, 2.45) is 0 Å². The van der Waals surface area contributed by atoms with Crippen LogP contribution in [0.25, 0.3) is 11.3 Å². The van der Waals surface area contributed by atoms with E-state index >= 15 is 0 Å². The molecule has 2 aromatic rings. The van der Waals surface area contributed by atoms with Crippen molar-refractivity contribution in [2.45, 2.75) is 51.4 Å². The average molecular weight is 409 g/mol. The summed E-state index contributed by atoms with van der Waals surface area (Å²) in [6.45, 7) is 7.66. The predicted octanol–water partition coefficient (Wildman–Crippen LogP) is 4.76. The van der Waals surface area contributed by atoms with Gasteiger partial charge < -0.3 is 14.6 Å². The van der Waals surface area contributed by atoms with Crippen LogP contribution in [0.15, 0.2) is 24.4 Å². The molecule has 6 nitrogen and oxygen atoms in total. The first kappa shape index (κ1) is 19.9. The van der Waals surface area contributed by atoms with E-state index in [0.717, 1.165) is 18.9 Å². The molecule has 0 radical (unpaired) electrons. The van der Waals surface area contributed by atoms with Crippen molar-refractivity contribution in [3.63, 3.8) is 0 Å². The minimum Gasteiger partial charge on any atom is -0.490 e. The van der Waals surface area contributed by atoms with Gasteiger partial charge in [0.15, 0.2) is 0 Å². The first-order valence-corrected chi connectivity index (χ1v) is 13.2. The van der Waals surface area contributed by atoms with E-state index in [1.807, 2.05) is 0 Å². The van der Waals surface area contributed by atoms with Crippen LogP contribution >= 0.6 is 11.6 Å². The molecular formula is C19H25ClN2O4Si. The summed E-state index contributed by atoms with van der Waals surface area (Å²) in [7, 11) is -1.20. The Morgan fingerprint density at radius 3 is 2.74 bits per heavy atom. The molecular weight excluding hydrogens is 384 g/mol. The summed E-state index contributed by atoms with van der Waals surface area (Å²) in [6, 6.07) is 6.28. The molecule has 3 rings (SSSR count). The second-order valence-electron chi connectivity index (χ2n) is 8.02. The first-order chi connectivity index (χ1) is 12.7.